The summed E-state index contributed by atoms with van der Waals surface area (Å²) in [6, 6.07) is 12.2. The molecule has 1 aromatic heterocycles. The van der Waals surface area contributed by atoms with Gasteiger partial charge in [0.2, 0.25) is 5.91 Å². The minimum absolute atomic E-state index is 0.0178. The first kappa shape index (κ1) is 17.2. The number of amides is 1. The van der Waals surface area contributed by atoms with Crippen molar-refractivity contribution >= 4 is 38.3 Å². The van der Waals surface area contributed by atoms with Crippen LogP contribution in [-0.2, 0) is 11.0 Å². The Hall–Kier alpha value is -2.61. The first-order valence-corrected chi connectivity index (χ1v) is 8.18. The van der Waals surface area contributed by atoms with E-state index in [2.05, 4.69) is 10.3 Å². The predicted octanol–water partition coefficient (Wildman–Crippen LogP) is 4.39. The molecule has 0 spiro atoms. The molecule has 0 aliphatic rings. The van der Waals surface area contributed by atoms with Crippen molar-refractivity contribution in [3.8, 4) is 0 Å². The average Bonchev–Trinajstić information content (AvgIpc) is 2.98. The highest BCUT2D eigenvalue weighted by Gasteiger charge is 2.30. The van der Waals surface area contributed by atoms with E-state index in [1.54, 1.807) is 11.9 Å². The third kappa shape index (κ3) is 4.08. The minimum atomic E-state index is -4.45. The van der Waals surface area contributed by atoms with Gasteiger partial charge < -0.3 is 10.2 Å². The number of aromatic nitrogens is 1. The van der Waals surface area contributed by atoms with E-state index >= 15 is 0 Å². The average molecular weight is 365 g/mol. The first-order valence-electron chi connectivity index (χ1n) is 7.37. The van der Waals surface area contributed by atoms with Gasteiger partial charge in [-0.3, -0.25) is 4.79 Å². The maximum atomic E-state index is 12.7. The van der Waals surface area contributed by atoms with Gasteiger partial charge in [-0.05, 0) is 30.3 Å². The smallest absolute Gasteiger partial charge is 0.342 e. The number of carbonyl (C=O) groups is 1. The van der Waals surface area contributed by atoms with Gasteiger partial charge in [0, 0.05) is 12.7 Å². The van der Waals surface area contributed by atoms with Crippen LogP contribution in [0.2, 0.25) is 0 Å². The SMILES string of the molecule is CN(CC(=O)Nc1cccc(C(F)(F)F)c1)c1nc2ccccc2s1. The topological polar surface area (TPSA) is 45.2 Å². The molecular weight excluding hydrogens is 351 g/mol. The van der Waals surface area contributed by atoms with Crippen molar-refractivity contribution < 1.29 is 18.0 Å². The lowest BCUT2D eigenvalue weighted by atomic mass is 10.2. The van der Waals surface area contributed by atoms with E-state index in [1.807, 2.05) is 24.3 Å². The van der Waals surface area contributed by atoms with E-state index in [4.69, 9.17) is 0 Å². The fourth-order valence-corrected chi connectivity index (χ4v) is 3.21. The molecule has 0 bridgehead atoms. The third-order valence-corrected chi connectivity index (χ3v) is 4.61. The summed E-state index contributed by atoms with van der Waals surface area (Å²) in [4.78, 5) is 18.2. The number of alkyl halides is 3. The fourth-order valence-electron chi connectivity index (χ4n) is 2.28. The van der Waals surface area contributed by atoms with Gasteiger partial charge in [0.1, 0.15) is 0 Å². The summed E-state index contributed by atoms with van der Waals surface area (Å²) in [5.74, 6) is -0.416. The lowest BCUT2D eigenvalue weighted by molar-refractivity contribution is -0.137. The molecule has 130 valence electrons. The highest BCUT2D eigenvalue weighted by molar-refractivity contribution is 7.22. The Morgan fingerprint density at radius 3 is 2.68 bits per heavy atom. The van der Waals surface area contributed by atoms with Crippen molar-refractivity contribution in [3.05, 3.63) is 54.1 Å². The van der Waals surface area contributed by atoms with Crippen LogP contribution >= 0.6 is 11.3 Å². The molecule has 0 radical (unpaired) electrons. The van der Waals surface area contributed by atoms with E-state index < -0.39 is 17.6 Å². The molecule has 0 aliphatic heterocycles. The summed E-state index contributed by atoms with van der Waals surface area (Å²) >= 11 is 1.45. The zero-order valence-corrected chi connectivity index (χ0v) is 14.0. The van der Waals surface area contributed by atoms with E-state index in [0.29, 0.717) is 5.13 Å². The normalized spacial score (nSPS) is 11.5. The molecule has 0 saturated carbocycles. The largest absolute Gasteiger partial charge is 0.416 e. The van der Waals surface area contributed by atoms with Crippen LogP contribution in [0.4, 0.5) is 24.0 Å². The van der Waals surface area contributed by atoms with E-state index in [0.717, 1.165) is 22.3 Å². The monoisotopic (exact) mass is 365 g/mol. The molecule has 3 rings (SSSR count). The molecule has 2 aromatic carbocycles. The summed E-state index contributed by atoms with van der Waals surface area (Å²) in [6.45, 7) is -0.0178. The highest BCUT2D eigenvalue weighted by atomic mass is 32.1. The van der Waals surface area contributed by atoms with E-state index in [1.165, 1.54) is 23.5 Å². The molecule has 0 atom stereocenters. The zero-order valence-electron chi connectivity index (χ0n) is 13.2. The molecular formula is C17H14F3N3OS. The number of thiazole rings is 1. The number of halogens is 3. The van der Waals surface area contributed by atoms with Crippen LogP contribution in [0.1, 0.15) is 5.56 Å². The van der Waals surface area contributed by atoms with Crippen LogP contribution in [0.3, 0.4) is 0 Å². The molecule has 1 N–H and O–H groups in total. The second-order valence-electron chi connectivity index (χ2n) is 5.45. The predicted molar refractivity (Wildman–Crippen MR) is 93.0 cm³/mol. The number of para-hydroxylation sites is 1. The summed E-state index contributed by atoms with van der Waals surface area (Å²) in [7, 11) is 1.71. The summed E-state index contributed by atoms with van der Waals surface area (Å²) in [5, 5.41) is 3.15. The summed E-state index contributed by atoms with van der Waals surface area (Å²) < 4.78 is 39.1. The maximum absolute atomic E-state index is 12.7. The van der Waals surface area contributed by atoms with E-state index in [9.17, 15) is 18.0 Å². The molecule has 8 heteroatoms. The Labute approximate surface area is 145 Å². The van der Waals surface area contributed by atoms with Crippen LogP contribution in [0.5, 0.6) is 0 Å². The minimum Gasteiger partial charge on any atom is -0.342 e. The second kappa shape index (κ2) is 6.72. The number of anilines is 2. The van der Waals surface area contributed by atoms with Gasteiger partial charge >= 0.3 is 6.18 Å². The van der Waals surface area contributed by atoms with Gasteiger partial charge in [-0.25, -0.2) is 4.98 Å². The van der Waals surface area contributed by atoms with Gasteiger partial charge in [-0.15, -0.1) is 0 Å². The van der Waals surface area contributed by atoms with Gasteiger partial charge in [0.25, 0.3) is 0 Å². The lowest BCUT2D eigenvalue weighted by Gasteiger charge is -2.15. The molecule has 0 unspecified atom stereocenters. The quantitative estimate of drug-likeness (QED) is 0.746. The van der Waals surface area contributed by atoms with Crippen molar-refractivity contribution in [1.29, 1.82) is 0 Å². The molecule has 0 fully saturated rings. The number of benzene rings is 2. The maximum Gasteiger partial charge on any atom is 0.416 e. The van der Waals surface area contributed by atoms with Crippen LogP contribution in [0.15, 0.2) is 48.5 Å². The molecule has 3 aromatic rings. The van der Waals surface area contributed by atoms with Gasteiger partial charge in [0.05, 0.1) is 22.3 Å². The van der Waals surface area contributed by atoms with Gasteiger partial charge in [-0.2, -0.15) is 13.2 Å². The van der Waals surface area contributed by atoms with Crippen LogP contribution in [0.25, 0.3) is 10.2 Å². The van der Waals surface area contributed by atoms with Crippen molar-refractivity contribution in [1.82, 2.24) is 4.98 Å². The number of hydrogen-bond donors (Lipinski definition) is 1. The number of hydrogen-bond acceptors (Lipinski definition) is 4. The third-order valence-electron chi connectivity index (χ3n) is 3.46. The Kier molecular flexibility index (Phi) is 4.63. The summed E-state index contributed by atoms with van der Waals surface area (Å²) in [6.07, 6.45) is -4.45. The molecule has 0 aliphatic carbocycles. The number of fused-ring (bicyclic) bond motifs is 1. The standard InChI is InChI=1S/C17H14F3N3OS/c1-23(16-22-13-7-2-3-8-14(13)25-16)10-15(24)21-12-6-4-5-11(9-12)17(18,19)20/h2-9H,10H2,1H3,(H,21,24). The van der Waals surface area contributed by atoms with Gasteiger partial charge in [0.15, 0.2) is 5.13 Å². The van der Waals surface area contributed by atoms with Crippen molar-refractivity contribution in [2.24, 2.45) is 0 Å². The zero-order chi connectivity index (χ0) is 18.0. The Balaban J connectivity index is 1.68. The number of nitrogens with zero attached hydrogens (tertiary/aromatic N) is 2. The second-order valence-corrected chi connectivity index (χ2v) is 6.46. The molecule has 25 heavy (non-hydrogen) atoms. The van der Waals surface area contributed by atoms with Crippen LogP contribution < -0.4 is 10.2 Å². The lowest BCUT2D eigenvalue weighted by Crippen LogP contribution is -2.30. The highest BCUT2D eigenvalue weighted by Crippen LogP contribution is 2.31. The van der Waals surface area contributed by atoms with E-state index in [-0.39, 0.29) is 12.2 Å². The van der Waals surface area contributed by atoms with Crippen LogP contribution in [0, 0.1) is 0 Å². The molecule has 0 saturated heterocycles. The van der Waals surface area contributed by atoms with Crippen molar-refractivity contribution in [2.75, 3.05) is 23.8 Å². The number of rotatable bonds is 4. The summed E-state index contributed by atoms with van der Waals surface area (Å²) in [5.41, 5.74) is 0.148. The van der Waals surface area contributed by atoms with Gasteiger partial charge in [-0.1, -0.05) is 29.5 Å². The van der Waals surface area contributed by atoms with Crippen molar-refractivity contribution in [2.45, 2.75) is 6.18 Å². The first-order chi connectivity index (χ1) is 11.8. The Bertz CT molecular complexity index is 874. The fraction of sp³-hybridized carbons (Fsp3) is 0.176. The van der Waals surface area contributed by atoms with Crippen LogP contribution in [-0.4, -0.2) is 24.5 Å². The molecule has 4 nitrogen and oxygen atoms in total. The molecule has 1 amide bonds. The van der Waals surface area contributed by atoms with Crippen molar-refractivity contribution in [3.63, 3.8) is 0 Å². The number of carbonyl (C=O) groups excluding carboxylic acids is 1. The molecule has 1 heterocycles. The number of nitrogens with one attached hydrogen (secondary N) is 1. The Morgan fingerprint density at radius 1 is 1.20 bits per heavy atom. The Morgan fingerprint density at radius 2 is 1.96 bits per heavy atom. The number of likely N-dealkylation sites (N-methyl/N-ethyl adjacent to an activating group) is 1.